The minimum atomic E-state index is 0.859. The van der Waals surface area contributed by atoms with Crippen molar-refractivity contribution in [2.45, 2.75) is 38.6 Å². The number of allylic oxidation sites excluding steroid dienone is 4. The predicted octanol–water partition coefficient (Wildman–Crippen LogP) is 6.31. The van der Waals surface area contributed by atoms with Crippen LogP contribution in [0.25, 0.3) is 16.3 Å². The van der Waals surface area contributed by atoms with Crippen LogP contribution < -0.4 is 0 Å². The van der Waals surface area contributed by atoms with Crippen LogP contribution in [0.1, 0.15) is 47.1 Å². The van der Waals surface area contributed by atoms with Crippen LogP contribution in [0, 0.1) is 0 Å². The SMILES string of the molecule is C1=CC2=C(CC1)CCc1c2ccc2cccc(Cc3ccc(CN4CCOCC4)cc3)c12. The Morgan fingerprint density at radius 2 is 1.66 bits per heavy atom. The fourth-order valence-electron chi connectivity index (χ4n) is 5.72. The fraction of sp³-hybridized carbons (Fsp3) is 0.333. The molecule has 2 aliphatic carbocycles. The molecule has 0 spiro atoms. The fourth-order valence-corrected chi connectivity index (χ4v) is 5.72. The minimum Gasteiger partial charge on any atom is -0.379 e. The molecule has 0 N–H and O–H groups in total. The van der Waals surface area contributed by atoms with Gasteiger partial charge in [0.2, 0.25) is 0 Å². The van der Waals surface area contributed by atoms with Crippen LogP contribution in [-0.4, -0.2) is 31.2 Å². The van der Waals surface area contributed by atoms with Crippen LogP contribution in [0.3, 0.4) is 0 Å². The summed E-state index contributed by atoms with van der Waals surface area (Å²) in [5.74, 6) is 0. The Morgan fingerprint density at radius 3 is 2.53 bits per heavy atom. The number of fused-ring (bicyclic) bond motifs is 4. The Kier molecular flexibility index (Phi) is 5.42. The molecule has 0 aromatic heterocycles. The molecule has 2 nitrogen and oxygen atoms in total. The minimum absolute atomic E-state index is 0.859. The van der Waals surface area contributed by atoms with Crippen LogP contribution >= 0.6 is 0 Å². The molecule has 3 aromatic carbocycles. The monoisotopic (exact) mass is 421 g/mol. The quantitative estimate of drug-likeness (QED) is 0.489. The van der Waals surface area contributed by atoms with Crippen LogP contribution in [0.5, 0.6) is 0 Å². The number of ether oxygens (including phenoxy) is 1. The number of hydrogen-bond acceptors (Lipinski definition) is 2. The lowest BCUT2D eigenvalue weighted by Crippen LogP contribution is -2.35. The third kappa shape index (κ3) is 3.83. The summed E-state index contributed by atoms with van der Waals surface area (Å²) in [5, 5.41) is 2.88. The van der Waals surface area contributed by atoms with Gasteiger partial charge in [0.05, 0.1) is 13.2 Å². The normalized spacial score (nSPS) is 18.6. The van der Waals surface area contributed by atoms with E-state index in [0.29, 0.717) is 0 Å². The standard InChI is InChI=1S/C30H31NO/c1-2-7-27-24(4-1)12-15-29-28(27)14-13-25-5-3-6-26(30(25)29)20-22-8-10-23(11-9-22)21-31-16-18-32-19-17-31/h2-3,5-11,13-14H,1,4,12,15-21H2. The molecule has 0 atom stereocenters. The number of rotatable bonds is 4. The van der Waals surface area contributed by atoms with E-state index in [1.165, 1.54) is 64.3 Å². The molecule has 1 fully saturated rings. The Labute approximate surface area is 191 Å². The van der Waals surface area contributed by atoms with Gasteiger partial charge in [-0.1, -0.05) is 72.3 Å². The van der Waals surface area contributed by atoms with Crippen LogP contribution in [0.4, 0.5) is 0 Å². The van der Waals surface area contributed by atoms with Crippen LogP contribution in [-0.2, 0) is 24.1 Å². The Morgan fingerprint density at radius 1 is 0.812 bits per heavy atom. The summed E-state index contributed by atoms with van der Waals surface area (Å²) in [6.45, 7) is 4.82. The van der Waals surface area contributed by atoms with E-state index in [1.807, 2.05) is 0 Å². The third-order valence-electron chi connectivity index (χ3n) is 7.41. The molecular formula is C30H31NO. The number of benzene rings is 3. The second-order valence-electron chi connectivity index (χ2n) is 9.45. The molecule has 1 aliphatic heterocycles. The molecule has 0 bridgehead atoms. The molecule has 6 rings (SSSR count). The van der Waals surface area contributed by atoms with Crippen molar-refractivity contribution in [1.82, 2.24) is 4.90 Å². The second-order valence-corrected chi connectivity index (χ2v) is 9.45. The van der Waals surface area contributed by atoms with Gasteiger partial charge in [-0.2, -0.15) is 0 Å². The van der Waals surface area contributed by atoms with Crippen molar-refractivity contribution in [2.75, 3.05) is 26.3 Å². The first-order chi connectivity index (χ1) is 15.8. The highest BCUT2D eigenvalue weighted by molar-refractivity contribution is 5.96. The van der Waals surface area contributed by atoms with Crippen molar-refractivity contribution < 1.29 is 4.74 Å². The summed E-state index contributed by atoms with van der Waals surface area (Å²) in [5.41, 5.74) is 10.5. The number of hydrogen-bond donors (Lipinski definition) is 0. The maximum Gasteiger partial charge on any atom is 0.0594 e. The van der Waals surface area contributed by atoms with E-state index >= 15 is 0 Å². The van der Waals surface area contributed by atoms with Gasteiger partial charge in [-0.3, -0.25) is 4.90 Å². The molecule has 162 valence electrons. The topological polar surface area (TPSA) is 12.5 Å². The van der Waals surface area contributed by atoms with Crippen molar-refractivity contribution >= 4 is 16.3 Å². The summed E-state index contributed by atoms with van der Waals surface area (Å²) in [7, 11) is 0. The lowest BCUT2D eigenvalue weighted by Gasteiger charge is -2.26. The van der Waals surface area contributed by atoms with Crippen LogP contribution in [0.2, 0.25) is 0 Å². The van der Waals surface area contributed by atoms with E-state index in [9.17, 15) is 0 Å². The lowest BCUT2D eigenvalue weighted by atomic mass is 9.78. The van der Waals surface area contributed by atoms with Gasteiger partial charge in [0, 0.05) is 19.6 Å². The van der Waals surface area contributed by atoms with Gasteiger partial charge in [-0.25, -0.2) is 0 Å². The molecule has 1 saturated heterocycles. The van der Waals surface area contributed by atoms with Crippen molar-refractivity contribution in [3.63, 3.8) is 0 Å². The largest absolute Gasteiger partial charge is 0.379 e. The first-order valence-corrected chi connectivity index (χ1v) is 12.2. The summed E-state index contributed by atoms with van der Waals surface area (Å²) < 4.78 is 5.48. The Bertz CT molecular complexity index is 1200. The number of morpholine rings is 1. The van der Waals surface area contributed by atoms with Crippen LogP contribution in [0.15, 0.2) is 72.3 Å². The van der Waals surface area contributed by atoms with Crippen molar-refractivity contribution in [2.24, 2.45) is 0 Å². The van der Waals surface area contributed by atoms with E-state index in [4.69, 9.17) is 4.74 Å². The van der Waals surface area contributed by atoms with Crippen molar-refractivity contribution in [3.05, 3.63) is 100 Å². The smallest absolute Gasteiger partial charge is 0.0594 e. The van der Waals surface area contributed by atoms with E-state index in [-0.39, 0.29) is 0 Å². The van der Waals surface area contributed by atoms with Gasteiger partial charge in [0.1, 0.15) is 0 Å². The number of aryl methyl sites for hydroxylation is 1. The maximum absolute atomic E-state index is 5.48. The van der Waals surface area contributed by atoms with E-state index in [1.54, 1.807) is 11.1 Å². The highest BCUT2D eigenvalue weighted by Crippen LogP contribution is 2.41. The van der Waals surface area contributed by atoms with Gasteiger partial charge in [0.15, 0.2) is 0 Å². The molecule has 3 aromatic rings. The molecule has 3 aliphatic rings. The van der Waals surface area contributed by atoms with Gasteiger partial charge in [-0.05, 0) is 76.3 Å². The molecule has 0 amide bonds. The van der Waals surface area contributed by atoms with E-state index in [0.717, 1.165) is 39.3 Å². The first kappa shape index (κ1) is 20.0. The molecule has 0 saturated carbocycles. The zero-order valence-electron chi connectivity index (χ0n) is 18.8. The molecule has 0 radical (unpaired) electrons. The highest BCUT2D eigenvalue weighted by atomic mass is 16.5. The average Bonchev–Trinajstić information content (AvgIpc) is 2.85. The second kappa shape index (κ2) is 8.69. The Balaban J connectivity index is 1.30. The van der Waals surface area contributed by atoms with Gasteiger partial charge >= 0.3 is 0 Å². The summed E-state index contributed by atoms with van der Waals surface area (Å²) in [4.78, 5) is 2.48. The van der Waals surface area contributed by atoms with Gasteiger partial charge in [-0.15, -0.1) is 0 Å². The zero-order valence-corrected chi connectivity index (χ0v) is 18.8. The lowest BCUT2D eigenvalue weighted by molar-refractivity contribution is 0.0342. The third-order valence-corrected chi connectivity index (χ3v) is 7.41. The summed E-state index contributed by atoms with van der Waals surface area (Å²) in [6, 6.07) is 20.8. The summed E-state index contributed by atoms with van der Waals surface area (Å²) in [6.07, 6.45) is 10.6. The average molecular weight is 422 g/mol. The molecule has 2 heteroatoms. The van der Waals surface area contributed by atoms with Gasteiger partial charge < -0.3 is 4.74 Å². The molecular weight excluding hydrogens is 390 g/mol. The zero-order chi connectivity index (χ0) is 21.3. The first-order valence-electron chi connectivity index (χ1n) is 12.2. The van der Waals surface area contributed by atoms with E-state index < -0.39 is 0 Å². The number of nitrogens with zero attached hydrogens (tertiary/aromatic N) is 1. The molecule has 1 heterocycles. The van der Waals surface area contributed by atoms with Crippen molar-refractivity contribution in [3.8, 4) is 0 Å². The Hall–Kier alpha value is -2.68. The predicted molar refractivity (Wildman–Crippen MR) is 133 cm³/mol. The molecule has 0 unspecified atom stereocenters. The van der Waals surface area contributed by atoms with Gasteiger partial charge in [0.25, 0.3) is 0 Å². The highest BCUT2D eigenvalue weighted by Gasteiger charge is 2.21. The maximum atomic E-state index is 5.48. The molecule has 32 heavy (non-hydrogen) atoms. The van der Waals surface area contributed by atoms with Crippen molar-refractivity contribution in [1.29, 1.82) is 0 Å². The van der Waals surface area contributed by atoms with E-state index in [2.05, 4.69) is 71.6 Å². The summed E-state index contributed by atoms with van der Waals surface area (Å²) >= 11 is 0.